The van der Waals surface area contributed by atoms with Gasteiger partial charge < -0.3 is 25.4 Å². The Kier molecular flexibility index (Phi) is 4.87. The van der Waals surface area contributed by atoms with E-state index in [4.69, 9.17) is 5.73 Å². The fourth-order valence-electron chi connectivity index (χ4n) is 4.14. The van der Waals surface area contributed by atoms with E-state index in [-0.39, 0.29) is 24.5 Å². The van der Waals surface area contributed by atoms with Crippen LogP contribution in [0.1, 0.15) is 35.7 Å². The number of carboxylic acids is 1. The SMILES string of the molecule is Nc1c(F)c(N2CCC(C(O)C(F)(F)F)C2)c(F)c2c1c(=O)c(C(=O)O)cn2C1CC1. The molecule has 2 aromatic rings. The Morgan fingerprint density at radius 1 is 1.19 bits per heavy atom. The van der Waals surface area contributed by atoms with Crippen molar-refractivity contribution < 1.29 is 37.0 Å². The van der Waals surface area contributed by atoms with Crippen molar-refractivity contribution >= 4 is 28.2 Å². The summed E-state index contributed by atoms with van der Waals surface area (Å²) < 4.78 is 70.4. The van der Waals surface area contributed by atoms with Gasteiger partial charge in [0.25, 0.3) is 0 Å². The van der Waals surface area contributed by atoms with Crippen LogP contribution in [0, 0.1) is 17.6 Å². The molecular formula is C19H18F5N3O4. The maximum Gasteiger partial charge on any atom is 0.414 e. The van der Waals surface area contributed by atoms with Crippen LogP contribution in [0.25, 0.3) is 10.9 Å². The molecule has 2 unspecified atom stereocenters. The second-order valence-electron chi connectivity index (χ2n) is 7.91. The van der Waals surface area contributed by atoms with Gasteiger partial charge in [0.15, 0.2) is 17.7 Å². The number of aromatic nitrogens is 1. The maximum absolute atomic E-state index is 15.6. The quantitative estimate of drug-likeness (QED) is 0.491. The summed E-state index contributed by atoms with van der Waals surface area (Å²) in [7, 11) is 0. The highest BCUT2D eigenvalue weighted by molar-refractivity contribution is 5.99. The lowest BCUT2D eigenvalue weighted by molar-refractivity contribution is -0.217. The van der Waals surface area contributed by atoms with Gasteiger partial charge >= 0.3 is 12.1 Å². The van der Waals surface area contributed by atoms with Gasteiger partial charge in [-0.1, -0.05) is 0 Å². The second-order valence-corrected chi connectivity index (χ2v) is 7.91. The highest BCUT2D eigenvalue weighted by Crippen LogP contribution is 2.43. The molecule has 4 N–H and O–H groups in total. The Hall–Kier alpha value is -2.89. The number of aromatic carboxylic acids is 1. The van der Waals surface area contributed by atoms with Gasteiger partial charge in [0.2, 0.25) is 5.43 Å². The van der Waals surface area contributed by atoms with E-state index in [0.717, 1.165) is 11.1 Å². The molecule has 2 aliphatic rings. The van der Waals surface area contributed by atoms with E-state index in [1.54, 1.807) is 0 Å². The van der Waals surface area contributed by atoms with Gasteiger partial charge in [-0.05, 0) is 19.3 Å². The number of hydrogen-bond acceptors (Lipinski definition) is 5. The molecule has 1 aromatic heterocycles. The number of aliphatic hydroxyl groups is 1. The zero-order valence-corrected chi connectivity index (χ0v) is 15.9. The average Bonchev–Trinajstić information content (AvgIpc) is 3.42. The standard InChI is InChI=1S/C19H18F5N3O4/c20-11-13(25)10-14(27(8-1-2-8)6-9(16(10)28)18(30)31)12(21)15(11)26-4-3-7(5-26)17(29)19(22,23)24/h6-8,17,29H,1-5,25H2,(H,30,31). The van der Waals surface area contributed by atoms with Crippen LogP contribution in [0.3, 0.4) is 0 Å². The monoisotopic (exact) mass is 447 g/mol. The first kappa shape index (κ1) is 21.3. The Balaban J connectivity index is 1.89. The Labute approximate surface area is 171 Å². The molecule has 0 amide bonds. The van der Waals surface area contributed by atoms with Crippen LogP contribution in [0.15, 0.2) is 11.0 Å². The Bertz CT molecular complexity index is 1140. The molecule has 1 aliphatic carbocycles. The summed E-state index contributed by atoms with van der Waals surface area (Å²) in [6, 6.07) is -0.313. The molecule has 7 nitrogen and oxygen atoms in total. The lowest BCUT2D eigenvalue weighted by atomic mass is 10.0. The Morgan fingerprint density at radius 3 is 2.39 bits per heavy atom. The molecule has 1 saturated carbocycles. The predicted octanol–water partition coefficient (Wildman–Crippen LogP) is 2.64. The van der Waals surface area contributed by atoms with Crippen LogP contribution >= 0.6 is 0 Å². The van der Waals surface area contributed by atoms with Gasteiger partial charge in [0, 0.05) is 31.2 Å². The first-order valence-corrected chi connectivity index (χ1v) is 9.51. The Morgan fingerprint density at radius 2 is 1.84 bits per heavy atom. The molecule has 168 valence electrons. The number of alkyl halides is 3. The summed E-state index contributed by atoms with van der Waals surface area (Å²) in [4.78, 5) is 25.0. The van der Waals surface area contributed by atoms with E-state index in [1.807, 2.05) is 0 Å². The number of rotatable bonds is 4. The van der Waals surface area contributed by atoms with Crippen molar-refractivity contribution in [3.63, 3.8) is 0 Å². The summed E-state index contributed by atoms with van der Waals surface area (Å²) in [6.07, 6.45) is -5.55. The molecule has 0 spiro atoms. The smallest absolute Gasteiger partial charge is 0.414 e. The van der Waals surface area contributed by atoms with Crippen LogP contribution in [0.2, 0.25) is 0 Å². The minimum Gasteiger partial charge on any atom is -0.477 e. The van der Waals surface area contributed by atoms with Gasteiger partial charge in [-0.15, -0.1) is 0 Å². The number of fused-ring (bicyclic) bond motifs is 1. The van der Waals surface area contributed by atoms with Crippen LogP contribution < -0.4 is 16.1 Å². The fraction of sp³-hybridized carbons (Fsp3) is 0.474. The van der Waals surface area contributed by atoms with Gasteiger partial charge in [-0.25, -0.2) is 13.6 Å². The van der Waals surface area contributed by atoms with E-state index in [0.29, 0.717) is 12.8 Å². The molecule has 1 aromatic carbocycles. The summed E-state index contributed by atoms with van der Waals surface area (Å²) in [6.45, 7) is -0.641. The van der Waals surface area contributed by atoms with Crippen LogP contribution in [0.4, 0.5) is 33.3 Å². The number of carboxylic acid groups (broad SMARTS) is 1. The zero-order valence-electron chi connectivity index (χ0n) is 15.9. The van der Waals surface area contributed by atoms with Crippen molar-refractivity contribution in [1.82, 2.24) is 4.57 Å². The molecule has 2 atom stereocenters. The molecule has 31 heavy (non-hydrogen) atoms. The van der Waals surface area contributed by atoms with Gasteiger partial charge in [0.05, 0.1) is 16.6 Å². The first-order valence-electron chi connectivity index (χ1n) is 9.51. The third kappa shape index (κ3) is 3.38. The number of pyridine rings is 1. The summed E-state index contributed by atoms with van der Waals surface area (Å²) in [5.41, 5.74) is 2.09. The number of aliphatic hydroxyl groups excluding tert-OH is 1. The number of benzene rings is 1. The normalized spacial score (nSPS) is 20.5. The van der Waals surface area contributed by atoms with Crippen LogP contribution in [-0.4, -0.2) is 46.1 Å². The molecular weight excluding hydrogens is 429 g/mol. The van der Waals surface area contributed by atoms with E-state index in [9.17, 15) is 33.0 Å². The van der Waals surface area contributed by atoms with E-state index >= 15 is 8.78 Å². The second kappa shape index (κ2) is 7.08. The number of hydrogen-bond donors (Lipinski definition) is 3. The number of halogens is 5. The molecule has 1 aliphatic heterocycles. The van der Waals surface area contributed by atoms with Crippen molar-refractivity contribution in [3.8, 4) is 0 Å². The first-order chi connectivity index (χ1) is 14.4. The molecule has 12 heteroatoms. The number of carbonyl (C=O) groups is 1. The predicted molar refractivity (Wildman–Crippen MR) is 100 cm³/mol. The molecule has 2 fully saturated rings. The number of nitrogen functional groups attached to an aromatic ring is 1. The third-order valence-corrected chi connectivity index (χ3v) is 5.86. The van der Waals surface area contributed by atoms with Crippen LogP contribution in [-0.2, 0) is 0 Å². The molecule has 1 saturated heterocycles. The van der Waals surface area contributed by atoms with Crippen molar-refractivity contribution in [2.24, 2.45) is 5.92 Å². The summed E-state index contributed by atoms with van der Waals surface area (Å²) in [5, 5.41) is 18.2. The molecule has 2 heterocycles. The van der Waals surface area contributed by atoms with Gasteiger partial charge in [0.1, 0.15) is 11.3 Å². The third-order valence-electron chi connectivity index (χ3n) is 5.86. The van der Waals surface area contributed by atoms with Gasteiger partial charge in [-0.3, -0.25) is 4.79 Å². The fourth-order valence-corrected chi connectivity index (χ4v) is 4.14. The maximum atomic E-state index is 15.6. The highest BCUT2D eigenvalue weighted by atomic mass is 19.4. The largest absolute Gasteiger partial charge is 0.477 e. The number of anilines is 2. The average molecular weight is 447 g/mol. The lowest BCUT2D eigenvalue weighted by Gasteiger charge is -2.25. The van der Waals surface area contributed by atoms with E-state index in [1.165, 1.54) is 4.57 Å². The van der Waals surface area contributed by atoms with Crippen molar-refractivity contribution in [3.05, 3.63) is 33.6 Å². The van der Waals surface area contributed by atoms with Gasteiger partial charge in [-0.2, -0.15) is 13.2 Å². The minimum absolute atomic E-state index is 0.162. The van der Waals surface area contributed by atoms with E-state index < -0.39 is 70.1 Å². The number of nitrogens with two attached hydrogens (primary N) is 1. The summed E-state index contributed by atoms with van der Waals surface area (Å²) in [5.74, 6) is -5.43. The highest BCUT2D eigenvalue weighted by Gasteiger charge is 2.46. The van der Waals surface area contributed by atoms with Crippen LogP contribution in [0.5, 0.6) is 0 Å². The molecule has 0 radical (unpaired) electrons. The summed E-state index contributed by atoms with van der Waals surface area (Å²) >= 11 is 0. The zero-order chi connectivity index (χ0) is 22.8. The lowest BCUT2D eigenvalue weighted by Crippen LogP contribution is -2.37. The topological polar surface area (TPSA) is 109 Å². The molecule has 4 rings (SSSR count). The van der Waals surface area contributed by atoms with Crippen molar-refractivity contribution in [2.45, 2.75) is 37.6 Å². The minimum atomic E-state index is -4.88. The molecule has 0 bridgehead atoms. The number of nitrogens with zero attached hydrogens (tertiary/aromatic N) is 2. The van der Waals surface area contributed by atoms with E-state index in [2.05, 4.69) is 0 Å². The van der Waals surface area contributed by atoms with Crippen molar-refractivity contribution in [2.75, 3.05) is 23.7 Å². The van der Waals surface area contributed by atoms with Crippen molar-refractivity contribution in [1.29, 1.82) is 0 Å².